The van der Waals surface area contributed by atoms with Crippen LogP contribution in [0.25, 0.3) is 0 Å². The number of aromatic hydroxyl groups is 1. The summed E-state index contributed by atoms with van der Waals surface area (Å²) in [5, 5.41) is 35.3. The minimum absolute atomic E-state index is 0.0199. The summed E-state index contributed by atoms with van der Waals surface area (Å²) in [5.41, 5.74) is -1.78. The first-order chi connectivity index (χ1) is 12.5. The molecule has 0 spiro atoms. The van der Waals surface area contributed by atoms with Crippen molar-refractivity contribution in [3.05, 3.63) is 67.8 Å². The van der Waals surface area contributed by atoms with Crippen LogP contribution in [0, 0.1) is 20.2 Å². The number of phenolic OH excluding ortho intramolecular Hbond substituents is 1. The summed E-state index contributed by atoms with van der Waals surface area (Å²) in [6.07, 6.45) is -5.00. The molecule has 0 bridgehead atoms. The Hall–Kier alpha value is -3.70. The number of nitro groups is 2. The second kappa shape index (κ2) is 7.27. The van der Waals surface area contributed by atoms with E-state index in [9.17, 15) is 38.5 Å². The average Bonchev–Trinajstić information content (AvgIpc) is 2.58. The molecular weight excluding hydrogens is 373 g/mol. The number of benzene rings is 2. The van der Waals surface area contributed by atoms with Crippen LogP contribution in [0.15, 0.2) is 41.5 Å². The summed E-state index contributed by atoms with van der Waals surface area (Å²) in [6.45, 7) is 1.46. The molecule has 0 aliphatic heterocycles. The molecule has 2 N–H and O–H groups in total. The van der Waals surface area contributed by atoms with E-state index in [1.54, 1.807) is 0 Å². The summed E-state index contributed by atoms with van der Waals surface area (Å²) in [5.74, 6) is -0.0199. The second-order valence-electron chi connectivity index (χ2n) is 5.26. The molecule has 0 saturated heterocycles. The van der Waals surface area contributed by atoms with Crippen LogP contribution in [0.2, 0.25) is 0 Å². The number of nitrogens with one attached hydrogen (secondary N) is 1. The number of rotatable bonds is 5. The van der Waals surface area contributed by atoms with Crippen LogP contribution < -0.4 is 5.43 Å². The van der Waals surface area contributed by atoms with Crippen LogP contribution in [0.5, 0.6) is 5.75 Å². The molecule has 9 nitrogen and oxygen atoms in total. The molecule has 0 aliphatic rings. The lowest BCUT2D eigenvalue weighted by Gasteiger charge is -2.10. The molecule has 2 rings (SSSR count). The Labute approximate surface area is 149 Å². The molecule has 2 aromatic carbocycles. The summed E-state index contributed by atoms with van der Waals surface area (Å²) in [6, 6.07) is 6.01. The first kappa shape index (κ1) is 19.6. The Morgan fingerprint density at radius 2 is 1.56 bits per heavy atom. The predicted octanol–water partition coefficient (Wildman–Crippen LogP) is 4.06. The van der Waals surface area contributed by atoms with Crippen molar-refractivity contribution in [1.82, 2.24) is 0 Å². The lowest BCUT2D eigenvalue weighted by molar-refractivity contribution is -0.392. The summed E-state index contributed by atoms with van der Waals surface area (Å²) < 4.78 is 38.6. The van der Waals surface area contributed by atoms with Gasteiger partial charge in [-0.1, -0.05) is 0 Å². The van der Waals surface area contributed by atoms with Crippen molar-refractivity contribution in [2.75, 3.05) is 5.43 Å². The zero-order valence-corrected chi connectivity index (χ0v) is 13.5. The van der Waals surface area contributed by atoms with Crippen molar-refractivity contribution in [1.29, 1.82) is 0 Å². The maximum atomic E-state index is 12.9. The standard InChI is InChI=1S/C15H11F3N4O5/c1-8(9-2-4-11(23)5-3-9)19-20-14-12(21(24)25)6-10(15(16,17)18)7-13(14)22(26)27/h2-7,20,23H,1H3/b19-8+. The van der Waals surface area contributed by atoms with Gasteiger partial charge in [-0.25, -0.2) is 0 Å². The van der Waals surface area contributed by atoms with Crippen LogP contribution in [0.1, 0.15) is 18.1 Å². The number of nitrogens with zero attached hydrogens (tertiary/aromatic N) is 3. The summed E-state index contributed by atoms with van der Waals surface area (Å²) in [4.78, 5) is 19.9. The minimum Gasteiger partial charge on any atom is -0.508 e. The van der Waals surface area contributed by atoms with Crippen molar-refractivity contribution >= 4 is 22.8 Å². The topological polar surface area (TPSA) is 131 Å². The SMILES string of the molecule is C/C(=N\Nc1c([N+](=O)[O-])cc(C(F)(F)F)cc1[N+](=O)[O-])c1ccc(O)cc1. The molecule has 0 radical (unpaired) electrons. The lowest BCUT2D eigenvalue weighted by Crippen LogP contribution is -2.10. The molecule has 0 aliphatic carbocycles. The molecular formula is C15H11F3N4O5. The van der Waals surface area contributed by atoms with E-state index < -0.39 is 38.6 Å². The van der Waals surface area contributed by atoms with Crippen LogP contribution in [-0.2, 0) is 6.18 Å². The van der Waals surface area contributed by atoms with E-state index in [0.717, 1.165) is 0 Å². The quantitative estimate of drug-likeness (QED) is 0.454. The molecule has 0 atom stereocenters. The Morgan fingerprint density at radius 1 is 1.07 bits per heavy atom. The maximum Gasteiger partial charge on any atom is 0.416 e. The number of nitro benzene ring substituents is 2. The highest BCUT2D eigenvalue weighted by molar-refractivity contribution is 5.99. The monoisotopic (exact) mass is 384 g/mol. The number of halogens is 3. The van der Waals surface area contributed by atoms with Gasteiger partial charge in [0.1, 0.15) is 5.75 Å². The third-order valence-electron chi connectivity index (χ3n) is 3.44. The Kier molecular flexibility index (Phi) is 5.28. The maximum absolute atomic E-state index is 12.9. The van der Waals surface area contributed by atoms with Crippen molar-refractivity contribution in [2.45, 2.75) is 13.1 Å². The van der Waals surface area contributed by atoms with E-state index in [1.165, 1.54) is 31.2 Å². The normalized spacial score (nSPS) is 11.9. The van der Waals surface area contributed by atoms with E-state index in [-0.39, 0.29) is 23.6 Å². The number of hydrazone groups is 1. The van der Waals surface area contributed by atoms with Crippen molar-refractivity contribution in [2.24, 2.45) is 5.10 Å². The first-order valence-electron chi connectivity index (χ1n) is 7.14. The van der Waals surface area contributed by atoms with Gasteiger partial charge in [-0.05, 0) is 36.8 Å². The Morgan fingerprint density at radius 3 is 1.96 bits per heavy atom. The summed E-state index contributed by atoms with van der Waals surface area (Å²) in [7, 11) is 0. The van der Waals surface area contributed by atoms with Gasteiger partial charge < -0.3 is 5.11 Å². The van der Waals surface area contributed by atoms with Gasteiger partial charge in [0, 0.05) is 12.1 Å². The van der Waals surface area contributed by atoms with Gasteiger partial charge in [0.25, 0.3) is 0 Å². The molecule has 142 valence electrons. The smallest absolute Gasteiger partial charge is 0.416 e. The predicted molar refractivity (Wildman–Crippen MR) is 88.7 cm³/mol. The van der Waals surface area contributed by atoms with Crippen molar-refractivity contribution in [3.8, 4) is 5.75 Å². The van der Waals surface area contributed by atoms with Gasteiger partial charge >= 0.3 is 17.6 Å². The number of hydrogen-bond donors (Lipinski definition) is 2. The molecule has 27 heavy (non-hydrogen) atoms. The zero-order chi connectivity index (χ0) is 20.4. The van der Waals surface area contributed by atoms with E-state index in [0.29, 0.717) is 5.56 Å². The highest BCUT2D eigenvalue weighted by Gasteiger charge is 2.37. The molecule has 2 aromatic rings. The number of hydrogen-bond acceptors (Lipinski definition) is 7. The Balaban J connectivity index is 2.54. The minimum atomic E-state index is -5.00. The molecule has 12 heteroatoms. The van der Waals surface area contributed by atoms with Crippen LogP contribution >= 0.6 is 0 Å². The van der Waals surface area contributed by atoms with Crippen LogP contribution in [0.4, 0.5) is 30.2 Å². The van der Waals surface area contributed by atoms with Crippen LogP contribution in [0.3, 0.4) is 0 Å². The van der Waals surface area contributed by atoms with Gasteiger partial charge in [-0.2, -0.15) is 18.3 Å². The van der Waals surface area contributed by atoms with Gasteiger partial charge in [-0.15, -0.1) is 0 Å². The van der Waals surface area contributed by atoms with Crippen molar-refractivity contribution < 1.29 is 28.1 Å². The van der Waals surface area contributed by atoms with Gasteiger partial charge in [-0.3, -0.25) is 25.7 Å². The second-order valence-corrected chi connectivity index (χ2v) is 5.26. The highest BCUT2D eigenvalue weighted by atomic mass is 19.4. The fourth-order valence-electron chi connectivity index (χ4n) is 2.08. The fourth-order valence-corrected chi connectivity index (χ4v) is 2.08. The van der Waals surface area contributed by atoms with Crippen LogP contribution in [-0.4, -0.2) is 20.7 Å². The average molecular weight is 384 g/mol. The number of anilines is 1. The van der Waals surface area contributed by atoms with Gasteiger partial charge in [0.05, 0.1) is 21.1 Å². The highest BCUT2D eigenvalue weighted by Crippen LogP contribution is 2.41. The van der Waals surface area contributed by atoms with Gasteiger partial charge in [0.15, 0.2) is 0 Å². The van der Waals surface area contributed by atoms with Crippen molar-refractivity contribution in [3.63, 3.8) is 0 Å². The molecule has 0 aromatic heterocycles. The largest absolute Gasteiger partial charge is 0.508 e. The molecule has 0 unspecified atom stereocenters. The van der Waals surface area contributed by atoms with E-state index in [4.69, 9.17) is 0 Å². The van der Waals surface area contributed by atoms with E-state index in [1.807, 2.05) is 0 Å². The molecule has 0 amide bonds. The Bertz CT molecular complexity index is 891. The van der Waals surface area contributed by atoms with E-state index in [2.05, 4.69) is 10.5 Å². The third-order valence-corrected chi connectivity index (χ3v) is 3.44. The number of alkyl halides is 3. The number of phenols is 1. The first-order valence-corrected chi connectivity index (χ1v) is 7.14. The fraction of sp³-hybridized carbons (Fsp3) is 0.133. The summed E-state index contributed by atoms with van der Waals surface area (Å²) >= 11 is 0. The molecule has 0 saturated carbocycles. The van der Waals surface area contributed by atoms with E-state index >= 15 is 0 Å². The zero-order valence-electron chi connectivity index (χ0n) is 13.5. The molecule has 0 fully saturated rings. The third kappa shape index (κ3) is 4.48. The molecule has 0 heterocycles. The lowest BCUT2D eigenvalue weighted by atomic mass is 10.1. The van der Waals surface area contributed by atoms with Gasteiger partial charge in [0.2, 0.25) is 5.69 Å².